The van der Waals surface area contributed by atoms with Crippen molar-refractivity contribution < 1.29 is 38.4 Å². The molecule has 1 aromatic heterocycles. The number of aromatic amines is 1. The van der Waals surface area contributed by atoms with Crippen LogP contribution in [0, 0.1) is 0 Å². The Labute approximate surface area is 274 Å². The number of carbonyl (C=O) groups excluding carboxylic acids is 1. The van der Waals surface area contributed by atoms with E-state index in [0.717, 1.165) is 27.8 Å². The van der Waals surface area contributed by atoms with Crippen molar-refractivity contribution >= 4 is 34.7 Å². The number of carboxylic acid groups (broad SMARTS) is 1. The first-order valence-electron chi connectivity index (χ1n) is 15.1. The van der Waals surface area contributed by atoms with Crippen LogP contribution in [0.25, 0.3) is 11.0 Å². The van der Waals surface area contributed by atoms with E-state index < -0.39 is 23.7 Å². The monoisotopic (exact) mass is 649 g/mol. The van der Waals surface area contributed by atoms with Gasteiger partial charge in [0.2, 0.25) is 5.95 Å². The Balaban J connectivity index is 1.56. The van der Waals surface area contributed by atoms with Crippen molar-refractivity contribution in [2.75, 3.05) is 45.2 Å². The lowest BCUT2D eigenvalue weighted by atomic mass is 10.1. The second kappa shape index (κ2) is 15.3. The van der Waals surface area contributed by atoms with Crippen LogP contribution in [0.4, 0.5) is 16.4 Å². The first-order chi connectivity index (χ1) is 22.4. The number of H-pyrrole nitrogens is 1. The minimum absolute atomic E-state index is 0.141. The highest BCUT2D eigenvalue weighted by atomic mass is 16.6. The molecule has 47 heavy (non-hydrogen) atoms. The highest BCUT2D eigenvalue weighted by Crippen LogP contribution is 2.32. The van der Waals surface area contributed by atoms with Gasteiger partial charge in [-0.1, -0.05) is 0 Å². The lowest BCUT2D eigenvalue weighted by Crippen LogP contribution is -2.44. The van der Waals surface area contributed by atoms with E-state index in [2.05, 4.69) is 20.5 Å². The van der Waals surface area contributed by atoms with E-state index in [1.807, 2.05) is 54.6 Å². The third kappa shape index (κ3) is 9.35. The summed E-state index contributed by atoms with van der Waals surface area (Å²) < 4.78 is 27.3. The lowest BCUT2D eigenvalue weighted by Gasteiger charge is -2.24. The second-order valence-electron chi connectivity index (χ2n) is 11.8. The number of carbonyl (C=O) groups is 2. The van der Waals surface area contributed by atoms with Crippen molar-refractivity contribution in [3.63, 3.8) is 0 Å². The first kappa shape index (κ1) is 34.5. The van der Waals surface area contributed by atoms with Crippen LogP contribution in [0.1, 0.15) is 38.3 Å². The molecule has 4 aromatic rings. The summed E-state index contributed by atoms with van der Waals surface area (Å²) in [4.78, 5) is 34.3. The number of ether oxygens (including phenoxy) is 5. The highest BCUT2D eigenvalue weighted by molar-refractivity contribution is 5.82. The summed E-state index contributed by atoms with van der Waals surface area (Å²) in [5.41, 5.74) is 3.40. The third-order valence-corrected chi connectivity index (χ3v) is 7.23. The summed E-state index contributed by atoms with van der Waals surface area (Å²) in [6, 6.07) is 15.9. The van der Waals surface area contributed by atoms with Crippen molar-refractivity contribution in [2.24, 2.45) is 0 Å². The smallest absolute Gasteiger partial charge is 0.408 e. The molecule has 0 radical (unpaired) electrons. The predicted octanol–water partition coefficient (Wildman–Crippen LogP) is 5.58. The number of amides is 1. The molecule has 0 aliphatic heterocycles. The number of aliphatic carboxylic acids is 1. The Morgan fingerprint density at radius 2 is 1.47 bits per heavy atom. The van der Waals surface area contributed by atoms with Crippen LogP contribution in [-0.4, -0.2) is 73.8 Å². The molecule has 3 aromatic carbocycles. The topological polar surface area (TPSA) is 156 Å². The fourth-order valence-electron chi connectivity index (χ4n) is 4.91. The normalized spacial score (nSPS) is 11.8. The predicted molar refractivity (Wildman–Crippen MR) is 179 cm³/mol. The minimum atomic E-state index is -1.15. The van der Waals surface area contributed by atoms with Gasteiger partial charge >= 0.3 is 12.1 Å². The van der Waals surface area contributed by atoms with Crippen LogP contribution in [0.2, 0.25) is 0 Å². The largest absolute Gasteiger partial charge is 0.497 e. The van der Waals surface area contributed by atoms with Gasteiger partial charge < -0.3 is 49.3 Å². The number of nitrogens with one attached hydrogen (secondary N) is 3. The maximum Gasteiger partial charge on any atom is 0.408 e. The molecule has 0 saturated heterocycles. The molecule has 0 fully saturated rings. The van der Waals surface area contributed by atoms with Gasteiger partial charge in [0.15, 0.2) is 0 Å². The molecule has 1 amide bonds. The molecule has 0 saturated carbocycles. The number of fused-ring (bicyclic) bond motifs is 1. The van der Waals surface area contributed by atoms with Crippen molar-refractivity contribution in [1.82, 2.24) is 15.3 Å². The number of methoxy groups -OCH3 is 4. The van der Waals surface area contributed by atoms with Crippen LogP contribution in [0.5, 0.6) is 23.0 Å². The molecule has 4 rings (SSSR count). The number of rotatable bonds is 15. The van der Waals surface area contributed by atoms with Gasteiger partial charge in [0.1, 0.15) is 34.6 Å². The van der Waals surface area contributed by atoms with E-state index in [1.54, 1.807) is 49.2 Å². The van der Waals surface area contributed by atoms with Crippen molar-refractivity contribution in [2.45, 2.75) is 51.9 Å². The fraction of sp³-hybridized carbons (Fsp3) is 0.382. The summed E-state index contributed by atoms with van der Waals surface area (Å²) in [6.45, 7) is 6.34. The standard InChI is InChI=1S/C34H43N5O8/c1-34(2,3)47-33(42)38-27(31(40)41)14-15-35-23-10-13-26-28(16-23)37-32(36-26)39(19-21-8-11-24(43-4)17-29(21)45-6)20-22-9-12-25(44-5)18-30(22)46-7/h8-13,16-18,27,35H,14-15,19-20H2,1-7H3,(H,36,37)(H,38,42)(H,40,41)/t27-/m0/s1. The molecule has 0 spiro atoms. The summed E-state index contributed by atoms with van der Waals surface area (Å²) in [5.74, 6) is 2.22. The van der Waals surface area contributed by atoms with Crippen LogP contribution >= 0.6 is 0 Å². The maximum absolute atomic E-state index is 12.1. The Morgan fingerprint density at radius 3 is 1.98 bits per heavy atom. The Kier molecular flexibility index (Phi) is 11.2. The van der Waals surface area contributed by atoms with E-state index in [9.17, 15) is 14.7 Å². The molecular formula is C34H43N5O8. The highest BCUT2D eigenvalue weighted by Gasteiger charge is 2.24. The maximum atomic E-state index is 12.1. The number of nitrogens with zero attached hydrogens (tertiary/aromatic N) is 2. The molecule has 13 heteroatoms. The number of imidazole rings is 1. The second-order valence-corrected chi connectivity index (χ2v) is 11.8. The zero-order valence-corrected chi connectivity index (χ0v) is 27.8. The van der Waals surface area contributed by atoms with Gasteiger partial charge in [0.25, 0.3) is 0 Å². The minimum Gasteiger partial charge on any atom is -0.497 e. The first-order valence-corrected chi connectivity index (χ1v) is 15.1. The molecule has 13 nitrogen and oxygen atoms in total. The molecule has 0 aliphatic rings. The fourth-order valence-corrected chi connectivity index (χ4v) is 4.91. The average Bonchev–Trinajstić information content (AvgIpc) is 3.46. The molecule has 4 N–H and O–H groups in total. The lowest BCUT2D eigenvalue weighted by molar-refractivity contribution is -0.139. The van der Waals surface area contributed by atoms with E-state index in [1.165, 1.54) is 0 Å². The van der Waals surface area contributed by atoms with Crippen LogP contribution in [-0.2, 0) is 22.6 Å². The number of carboxylic acids is 1. The summed E-state index contributed by atoms with van der Waals surface area (Å²) in [5, 5.41) is 15.3. The number of aromatic nitrogens is 2. The molecule has 252 valence electrons. The molecule has 0 bridgehead atoms. The van der Waals surface area contributed by atoms with Crippen molar-refractivity contribution in [3.8, 4) is 23.0 Å². The van der Waals surface area contributed by atoms with Gasteiger partial charge in [0.05, 0.1) is 39.5 Å². The Bertz CT molecular complexity index is 1630. The number of alkyl carbamates (subject to hydrolysis) is 1. The van der Waals surface area contributed by atoms with Gasteiger partial charge in [-0.2, -0.15) is 0 Å². The van der Waals surface area contributed by atoms with E-state index in [-0.39, 0.29) is 6.42 Å². The number of hydrogen-bond donors (Lipinski definition) is 4. The van der Waals surface area contributed by atoms with Crippen molar-refractivity contribution in [1.29, 1.82) is 0 Å². The van der Waals surface area contributed by atoms with Crippen LogP contribution in [0.3, 0.4) is 0 Å². The summed E-state index contributed by atoms with van der Waals surface area (Å²) in [6.07, 6.45) is -0.637. The molecule has 1 atom stereocenters. The van der Waals surface area contributed by atoms with E-state index in [4.69, 9.17) is 28.7 Å². The van der Waals surface area contributed by atoms with Crippen molar-refractivity contribution in [3.05, 3.63) is 65.7 Å². The van der Waals surface area contributed by atoms with Crippen LogP contribution < -0.4 is 34.5 Å². The molecular weight excluding hydrogens is 606 g/mol. The number of anilines is 2. The van der Waals surface area contributed by atoms with Gasteiger partial charge in [0, 0.05) is 48.6 Å². The SMILES string of the molecule is COc1ccc(CN(Cc2ccc(OC)cc2OC)c2nc3ccc(NCC[C@H](NC(=O)OC(C)(C)C)C(=O)O)cc3[nH]2)c(OC)c1. The van der Waals surface area contributed by atoms with Gasteiger partial charge in [-0.15, -0.1) is 0 Å². The molecule has 0 aliphatic carbocycles. The van der Waals surface area contributed by atoms with Gasteiger partial charge in [-0.05, 0) is 69.7 Å². The Hall–Kier alpha value is -5.33. The summed E-state index contributed by atoms with van der Waals surface area (Å²) in [7, 11) is 6.47. The summed E-state index contributed by atoms with van der Waals surface area (Å²) >= 11 is 0. The zero-order chi connectivity index (χ0) is 34.1. The number of benzene rings is 3. The molecule has 0 unspecified atom stereocenters. The number of hydrogen-bond acceptors (Lipinski definition) is 10. The molecule has 1 heterocycles. The van der Waals surface area contributed by atoms with E-state index >= 15 is 0 Å². The Morgan fingerprint density at radius 1 is 0.872 bits per heavy atom. The van der Waals surface area contributed by atoms with Crippen LogP contribution in [0.15, 0.2) is 54.6 Å². The average molecular weight is 650 g/mol. The van der Waals surface area contributed by atoms with Gasteiger partial charge in [-0.3, -0.25) is 0 Å². The van der Waals surface area contributed by atoms with E-state index in [0.29, 0.717) is 48.6 Å². The third-order valence-electron chi connectivity index (χ3n) is 7.23. The quantitative estimate of drug-likeness (QED) is 0.127. The van der Waals surface area contributed by atoms with Gasteiger partial charge in [-0.25, -0.2) is 14.6 Å². The zero-order valence-electron chi connectivity index (χ0n) is 27.8.